The molecule has 0 saturated carbocycles. The summed E-state index contributed by atoms with van der Waals surface area (Å²) < 4.78 is 6.96. The molecule has 0 aliphatic carbocycles. The van der Waals surface area contributed by atoms with Crippen molar-refractivity contribution in [3.63, 3.8) is 0 Å². The van der Waals surface area contributed by atoms with Gasteiger partial charge in [0.25, 0.3) is 5.89 Å². The maximum absolute atomic E-state index is 5.06. The van der Waals surface area contributed by atoms with E-state index in [1.165, 1.54) is 0 Å². The monoisotopic (exact) mass is 234 g/mol. The number of hydrogen-bond acceptors (Lipinski definition) is 6. The van der Waals surface area contributed by atoms with E-state index in [2.05, 4.69) is 25.8 Å². The molecule has 0 amide bonds. The number of nitrogens with one attached hydrogen (secondary N) is 1. The molecule has 7 heteroatoms. The van der Waals surface area contributed by atoms with Crippen molar-refractivity contribution in [2.24, 2.45) is 0 Å². The molecule has 0 unspecified atom stereocenters. The Morgan fingerprint density at radius 1 is 1.41 bits per heavy atom. The van der Waals surface area contributed by atoms with Gasteiger partial charge in [-0.05, 0) is 32.9 Å². The van der Waals surface area contributed by atoms with E-state index >= 15 is 0 Å². The second kappa shape index (κ2) is 4.25. The molecule has 3 heterocycles. The first-order chi connectivity index (χ1) is 8.33. The smallest absolute Gasteiger partial charge is 0.280 e. The largest absolute Gasteiger partial charge is 0.332 e. The molecular formula is C10H14N6O. The summed E-state index contributed by atoms with van der Waals surface area (Å²) in [6, 6.07) is 0.418. The minimum absolute atomic E-state index is 0.418. The third-order valence-electron chi connectivity index (χ3n) is 2.94. The second-order valence-electron chi connectivity index (χ2n) is 4.21. The van der Waals surface area contributed by atoms with Crippen LogP contribution in [-0.2, 0) is 0 Å². The predicted molar refractivity (Wildman–Crippen MR) is 59.2 cm³/mol. The van der Waals surface area contributed by atoms with Crippen LogP contribution in [0.2, 0.25) is 0 Å². The van der Waals surface area contributed by atoms with Crippen molar-refractivity contribution in [2.45, 2.75) is 25.8 Å². The molecule has 0 spiro atoms. The van der Waals surface area contributed by atoms with Crippen molar-refractivity contribution in [3.05, 3.63) is 12.0 Å². The fourth-order valence-corrected chi connectivity index (χ4v) is 2.03. The number of hydrogen-bond donors (Lipinski definition) is 1. The molecule has 90 valence electrons. The molecule has 0 atom stereocenters. The highest BCUT2D eigenvalue weighted by atomic mass is 16.5. The van der Waals surface area contributed by atoms with Gasteiger partial charge in [0.1, 0.15) is 0 Å². The Morgan fingerprint density at radius 2 is 2.24 bits per heavy atom. The fraction of sp³-hybridized carbons (Fsp3) is 0.600. The van der Waals surface area contributed by atoms with Crippen LogP contribution < -0.4 is 5.32 Å². The number of piperidine rings is 1. The highest BCUT2D eigenvalue weighted by molar-refractivity contribution is 5.43. The average Bonchev–Trinajstić information content (AvgIpc) is 2.98. The first kappa shape index (κ1) is 10.4. The summed E-state index contributed by atoms with van der Waals surface area (Å²) in [5, 5.41) is 15.3. The number of nitrogens with zero attached hydrogens (tertiary/aromatic N) is 5. The SMILES string of the molecule is Cc1noc(-c2cn(C3CCNCC3)nn2)n1. The van der Waals surface area contributed by atoms with Crippen LogP contribution >= 0.6 is 0 Å². The lowest BCUT2D eigenvalue weighted by Gasteiger charge is -2.21. The molecule has 2 aromatic rings. The van der Waals surface area contributed by atoms with Gasteiger partial charge in [-0.3, -0.25) is 0 Å². The molecule has 1 N–H and O–H groups in total. The van der Waals surface area contributed by atoms with E-state index in [1.54, 1.807) is 6.92 Å². The lowest BCUT2D eigenvalue weighted by atomic mass is 10.1. The average molecular weight is 234 g/mol. The Balaban J connectivity index is 1.82. The predicted octanol–water partition coefficient (Wildman–Crippen LogP) is 0.561. The van der Waals surface area contributed by atoms with Gasteiger partial charge in [-0.1, -0.05) is 10.4 Å². The minimum atomic E-state index is 0.418. The zero-order valence-electron chi connectivity index (χ0n) is 9.63. The van der Waals surface area contributed by atoms with E-state index in [9.17, 15) is 0 Å². The Hall–Kier alpha value is -1.76. The van der Waals surface area contributed by atoms with Crippen LogP contribution in [0, 0.1) is 6.92 Å². The second-order valence-corrected chi connectivity index (χ2v) is 4.21. The van der Waals surface area contributed by atoms with Gasteiger partial charge in [-0.25, -0.2) is 4.68 Å². The molecule has 1 fully saturated rings. The summed E-state index contributed by atoms with van der Waals surface area (Å²) >= 11 is 0. The molecule has 1 saturated heterocycles. The molecule has 2 aromatic heterocycles. The number of aromatic nitrogens is 5. The van der Waals surface area contributed by atoms with Gasteiger partial charge < -0.3 is 9.84 Å². The Bertz CT molecular complexity index is 498. The van der Waals surface area contributed by atoms with Crippen molar-refractivity contribution >= 4 is 0 Å². The van der Waals surface area contributed by atoms with Gasteiger partial charge in [0.15, 0.2) is 11.5 Å². The third kappa shape index (κ3) is 2.05. The molecule has 0 aromatic carbocycles. The van der Waals surface area contributed by atoms with Crippen molar-refractivity contribution in [1.29, 1.82) is 0 Å². The normalized spacial score (nSPS) is 17.5. The minimum Gasteiger partial charge on any atom is -0.332 e. The van der Waals surface area contributed by atoms with Crippen LogP contribution in [0.15, 0.2) is 10.7 Å². The molecule has 1 aliphatic heterocycles. The van der Waals surface area contributed by atoms with E-state index in [-0.39, 0.29) is 0 Å². The van der Waals surface area contributed by atoms with E-state index in [0.717, 1.165) is 25.9 Å². The van der Waals surface area contributed by atoms with Crippen LogP contribution in [0.1, 0.15) is 24.7 Å². The first-order valence-electron chi connectivity index (χ1n) is 5.76. The van der Waals surface area contributed by atoms with Crippen molar-refractivity contribution < 1.29 is 4.52 Å². The molecule has 17 heavy (non-hydrogen) atoms. The van der Waals surface area contributed by atoms with Gasteiger partial charge in [-0.2, -0.15) is 4.98 Å². The van der Waals surface area contributed by atoms with E-state index in [1.807, 2.05) is 10.9 Å². The highest BCUT2D eigenvalue weighted by Gasteiger charge is 2.18. The van der Waals surface area contributed by atoms with E-state index < -0.39 is 0 Å². The maximum Gasteiger partial charge on any atom is 0.280 e. The summed E-state index contributed by atoms with van der Waals surface area (Å²) in [7, 11) is 0. The van der Waals surface area contributed by atoms with E-state index in [4.69, 9.17) is 4.52 Å². The summed E-state index contributed by atoms with van der Waals surface area (Å²) in [6.07, 6.45) is 4.03. The highest BCUT2D eigenvalue weighted by Crippen LogP contribution is 2.20. The van der Waals surface area contributed by atoms with Crippen LogP contribution in [-0.4, -0.2) is 38.2 Å². The van der Waals surface area contributed by atoms with Crippen molar-refractivity contribution in [2.75, 3.05) is 13.1 Å². The summed E-state index contributed by atoms with van der Waals surface area (Å²) in [5.74, 6) is 1.04. The Kier molecular flexibility index (Phi) is 2.60. The zero-order valence-corrected chi connectivity index (χ0v) is 9.63. The van der Waals surface area contributed by atoms with Gasteiger partial charge in [0.2, 0.25) is 0 Å². The quantitative estimate of drug-likeness (QED) is 0.817. The van der Waals surface area contributed by atoms with Gasteiger partial charge in [0, 0.05) is 0 Å². The Labute approximate surface area is 98.2 Å². The van der Waals surface area contributed by atoms with Gasteiger partial charge >= 0.3 is 0 Å². The summed E-state index contributed by atoms with van der Waals surface area (Å²) in [5.41, 5.74) is 0.643. The third-order valence-corrected chi connectivity index (χ3v) is 2.94. The van der Waals surface area contributed by atoms with Crippen LogP contribution in [0.5, 0.6) is 0 Å². The molecule has 1 aliphatic rings. The zero-order chi connectivity index (χ0) is 11.7. The van der Waals surface area contributed by atoms with Gasteiger partial charge in [0.05, 0.1) is 12.2 Å². The lowest BCUT2D eigenvalue weighted by molar-refractivity contribution is 0.337. The van der Waals surface area contributed by atoms with Crippen LogP contribution in [0.25, 0.3) is 11.6 Å². The molecule has 0 radical (unpaired) electrons. The molecule has 3 rings (SSSR count). The van der Waals surface area contributed by atoms with Crippen LogP contribution in [0.3, 0.4) is 0 Å². The molecular weight excluding hydrogens is 220 g/mol. The summed E-state index contributed by atoms with van der Waals surface area (Å²) in [4.78, 5) is 4.13. The standard InChI is InChI=1S/C10H14N6O/c1-7-12-10(17-14-7)9-6-16(15-13-9)8-2-4-11-5-3-8/h6,8,11H,2-5H2,1H3. The summed E-state index contributed by atoms with van der Waals surface area (Å²) in [6.45, 7) is 3.84. The first-order valence-corrected chi connectivity index (χ1v) is 5.76. The van der Waals surface area contributed by atoms with E-state index in [0.29, 0.717) is 23.5 Å². The fourth-order valence-electron chi connectivity index (χ4n) is 2.03. The number of aryl methyl sites for hydroxylation is 1. The van der Waals surface area contributed by atoms with Gasteiger partial charge in [-0.15, -0.1) is 5.10 Å². The van der Waals surface area contributed by atoms with Crippen molar-refractivity contribution in [3.8, 4) is 11.6 Å². The lowest BCUT2D eigenvalue weighted by Crippen LogP contribution is -2.29. The maximum atomic E-state index is 5.06. The topological polar surface area (TPSA) is 81.7 Å². The Morgan fingerprint density at radius 3 is 2.94 bits per heavy atom. The number of rotatable bonds is 2. The molecule has 0 bridgehead atoms. The van der Waals surface area contributed by atoms with Crippen molar-refractivity contribution in [1.82, 2.24) is 30.5 Å². The molecule has 7 nitrogen and oxygen atoms in total. The van der Waals surface area contributed by atoms with Crippen LogP contribution in [0.4, 0.5) is 0 Å².